The molecule has 0 aliphatic carbocycles. The summed E-state index contributed by atoms with van der Waals surface area (Å²) < 4.78 is 2.33. The van der Waals surface area contributed by atoms with Crippen LogP contribution in [0, 0.1) is 0 Å². The molecule has 0 bridgehead atoms. The number of fused-ring (bicyclic) bond motifs is 1. The number of aromatic nitrogens is 3. The Morgan fingerprint density at radius 2 is 2.17 bits per heavy atom. The molecule has 0 saturated heterocycles. The number of rotatable bonds is 7. The van der Waals surface area contributed by atoms with Gasteiger partial charge >= 0.3 is 0 Å². The minimum atomic E-state index is 1.10. The SMILES string of the molecule is CCCNCCCSc1nnc2n1CCCCC2. The standard InChI is InChI=1S/C13H24N4S/c1-2-8-14-9-6-11-18-13-16-15-12-7-4-3-5-10-17(12)13/h14H,2-11H2,1H3. The molecule has 5 heteroatoms. The van der Waals surface area contributed by atoms with Gasteiger partial charge < -0.3 is 9.88 Å². The lowest BCUT2D eigenvalue weighted by Gasteiger charge is -2.06. The number of hydrogen-bond donors (Lipinski definition) is 1. The van der Waals surface area contributed by atoms with Crippen molar-refractivity contribution in [2.24, 2.45) is 0 Å². The Kier molecular flexibility index (Phi) is 6.00. The first-order chi connectivity index (χ1) is 8.92. The van der Waals surface area contributed by atoms with Gasteiger partial charge in [-0.15, -0.1) is 10.2 Å². The Labute approximate surface area is 114 Å². The van der Waals surface area contributed by atoms with Crippen LogP contribution in [0.3, 0.4) is 0 Å². The summed E-state index contributed by atoms with van der Waals surface area (Å²) in [5.74, 6) is 2.33. The van der Waals surface area contributed by atoms with E-state index < -0.39 is 0 Å². The Hall–Kier alpha value is -0.550. The third kappa shape index (κ3) is 3.99. The Morgan fingerprint density at radius 1 is 1.22 bits per heavy atom. The maximum atomic E-state index is 4.33. The van der Waals surface area contributed by atoms with Crippen LogP contribution in [-0.4, -0.2) is 33.6 Å². The van der Waals surface area contributed by atoms with E-state index in [1.54, 1.807) is 0 Å². The van der Waals surface area contributed by atoms with Gasteiger partial charge in [-0.3, -0.25) is 0 Å². The van der Waals surface area contributed by atoms with E-state index in [4.69, 9.17) is 0 Å². The molecule has 1 N–H and O–H groups in total. The molecule has 0 amide bonds. The number of hydrogen-bond acceptors (Lipinski definition) is 4. The molecule has 0 aromatic carbocycles. The third-order valence-electron chi connectivity index (χ3n) is 3.23. The smallest absolute Gasteiger partial charge is 0.191 e. The minimum Gasteiger partial charge on any atom is -0.317 e. The van der Waals surface area contributed by atoms with Crippen molar-refractivity contribution in [2.75, 3.05) is 18.8 Å². The molecule has 0 unspecified atom stereocenters. The molecule has 0 spiro atoms. The summed E-state index contributed by atoms with van der Waals surface area (Å²) in [6, 6.07) is 0. The molecule has 0 saturated carbocycles. The molecule has 1 aromatic heterocycles. The maximum Gasteiger partial charge on any atom is 0.191 e. The zero-order valence-electron chi connectivity index (χ0n) is 11.3. The second-order valence-corrected chi connectivity index (χ2v) is 5.88. The second kappa shape index (κ2) is 7.79. The van der Waals surface area contributed by atoms with Crippen LogP contribution >= 0.6 is 11.8 Å². The Morgan fingerprint density at radius 3 is 3.06 bits per heavy atom. The quantitative estimate of drug-likeness (QED) is 0.609. The molecular formula is C13H24N4S. The lowest BCUT2D eigenvalue weighted by molar-refractivity contribution is 0.590. The average Bonchev–Trinajstić information content (AvgIpc) is 2.62. The lowest BCUT2D eigenvalue weighted by atomic mass is 10.2. The van der Waals surface area contributed by atoms with Gasteiger partial charge in [-0.25, -0.2) is 0 Å². The van der Waals surface area contributed by atoms with Gasteiger partial charge in [-0.05, 0) is 38.8 Å². The van der Waals surface area contributed by atoms with E-state index in [9.17, 15) is 0 Å². The summed E-state index contributed by atoms with van der Waals surface area (Å²) in [6.45, 7) is 5.55. The molecule has 0 radical (unpaired) electrons. The van der Waals surface area contributed by atoms with E-state index in [1.165, 1.54) is 37.9 Å². The number of nitrogens with one attached hydrogen (secondary N) is 1. The van der Waals surface area contributed by atoms with Crippen molar-refractivity contribution >= 4 is 11.8 Å². The lowest BCUT2D eigenvalue weighted by Crippen LogP contribution is -2.16. The molecule has 4 nitrogen and oxygen atoms in total. The van der Waals surface area contributed by atoms with Gasteiger partial charge in [0.15, 0.2) is 5.16 Å². The summed E-state index contributed by atoms with van der Waals surface area (Å²) in [5, 5.41) is 13.2. The highest BCUT2D eigenvalue weighted by molar-refractivity contribution is 7.99. The molecule has 18 heavy (non-hydrogen) atoms. The van der Waals surface area contributed by atoms with Crippen LogP contribution in [0.5, 0.6) is 0 Å². The van der Waals surface area contributed by atoms with Crippen molar-refractivity contribution in [1.82, 2.24) is 20.1 Å². The molecule has 1 aliphatic heterocycles. The summed E-state index contributed by atoms with van der Waals surface area (Å²) in [7, 11) is 0. The Bertz CT molecular complexity index is 351. The first-order valence-electron chi connectivity index (χ1n) is 7.17. The van der Waals surface area contributed by atoms with Gasteiger partial charge in [-0.2, -0.15) is 0 Å². The first kappa shape index (κ1) is 13.9. The van der Waals surface area contributed by atoms with Gasteiger partial charge in [0, 0.05) is 18.7 Å². The molecule has 1 aliphatic rings. The van der Waals surface area contributed by atoms with E-state index in [-0.39, 0.29) is 0 Å². The van der Waals surface area contributed by atoms with Crippen LogP contribution in [-0.2, 0) is 13.0 Å². The van der Waals surface area contributed by atoms with E-state index in [2.05, 4.69) is 27.0 Å². The highest BCUT2D eigenvalue weighted by atomic mass is 32.2. The van der Waals surface area contributed by atoms with Crippen LogP contribution in [0.25, 0.3) is 0 Å². The van der Waals surface area contributed by atoms with Crippen molar-refractivity contribution in [3.8, 4) is 0 Å². The fourth-order valence-corrected chi connectivity index (χ4v) is 3.15. The van der Waals surface area contributed by atoms with Crippen molar-refractivity contribution in [2.45, 2.75) is 57.1 Å². The summed E-state index contributed by atoms with van der Waals surface area (Å²) in [5.41, 5.74) is 0. The van der Waals surface area contributed by atoms with Crippen LogP contribution in [0.15, 0.2) is 5.16 Å². The molecule has 1 aromatic rings. The molecule has 0 atom stereocenters. The highest BCUT2D eigenvalue weighted by Gasteiger charge is 2.14. The van der Waals surface area contributed by atoms with Gasteiger partial charge in [-0.1, -0.05) is 25.1 Å². The molecule has 0 fully saturated rings. The molecule has 102 valence electrons. The summed E-state index contributed by atoms with van der Waals surface area (Å²) >= 11 is 1.86. The van der Waals surface area contributed by atoms with E-state index in [0.717, 1.165) is 37.0 Å². The predicted octanol–water partition coefficient (Wildman–Crippen LogP) is 2.49. The van der Waals surface area contributed by atoms with Gasteiger partial charge in [0.2, 0.25) is 0 Å². The van der Waals surface area contributed by atoms with Gasteiger partial charge in [0.05, 0.1) is 0 Å². The zero-order valence-corrected chi connectivity index (χ0v) is 12.1. The van der Waals surface area contributed by atoms with E-state index >= 15 is 0 Å². The number of nitrogens with zero attached hydrogens (tertiary/aromatic N) is 3. The molecular weight excluding hydrogens is 244 g/mol. The van der Waals surface area contributed by atoms with Crippen molar-refractivity contribution in [3.63, 3.8) is 0 Å². The van der Waals surface area contributed by atoms with E-state index in [1.807, 2.05) is 11.8 Å². The van der Waals surface area contributed by atoms with Gasteiger partial charge in [0.25, 0.3) is 0 Å². The summed E-state index contributed by atoms with van der Waals surface area (Å²) in [4.78, 5) is 0. The second-order valence-electron chi connectivity index (χ2n) is 4.81. The Balaban J connectivity index is 1.74. The summed E-state index contributed by atoms with van der Waals surface area (Å²) in [6.07, 6.45) is 7.39. The highest BCUT2D eigenvalue weighted by Crippen LogP contribution is 2.21. The van der Waals surface area contributed by atoms with Crippen molar-refractivity contribution in [1.29, 1.82) is 0 Å². The molecule has 2 heterocycles. The van der Waals surface area contributed by atoms with Gasteiger partial charge in [0.1, 0.15) is 5.82 Å². The average molecular weight is 268 g/mol. The van der Waals surface area contributed by atoms with Crippen LogP contribution < -0.4 is 5.32 Å². The normalized spacial score (nSPS) is 15.4. The monoisotopic (exact) mass is 268 g/mol. The first-order valence-corrected chi connectivity index (χ1v) is 8.16. The largest absolute Gasteiger partial charge is 0.317 e. The van der Waals surface area contributed by atoms with Crippen molar-refractivity contribution in [3.05, 3.63) is 5.82 Å². The fourth-order valence-electron chi connectivity index (χ4n) is 2.23. The molecule has 2 rings (SSSR count). The van der Waals surface area contributed by atoms with Crippen LogP contribution in [0.4, 0.5) is 0 Å². The number of aryl methyl sites for hydroxylation is 1. The zero-order chi connectivity index (χ0) is 12.6. The van der Waals surface area contributed by atoms with E-state index in [0.29, 0.717) is 0 Å². The topological polar surface area (TPSA) is 42.7 Å². The maximum absolute atomic E-state index is 4.33. The predicted molar refractivity (Wildman–Crippen MR) is 76.1 cm³/mol. The minimum absolute atomic E-state index is 1.10. The van der Waals surface area contributed by atoms with Crippen LogP contribution in [0.1, 0.15) is 44.9 Å². The van der Waals surface area contributed by atoms with Crippen LogP contribution in [0.2, 0.25) is 0 Å². The number of thioether (sulfide) groups is 1. The fraction of sp³-hybridized carbons (Fsp3) is 0.846. The third-order valence-corrected chi connectivity index (χ3v) is 4.28. The van der Waals surface area contributed by atoms with Crippen molar-refractivity contribution < 1.29 is 0 Å².